The maximum atomic E-state index is 13.5. The van der Waals surface area contributed by atoms with Crippen LogP contribution in [0.5, 0.6) is 0 Å². The van der Waals surface area contributed by atoms with E-state index in [1.165, 1.54) is 18.3 Å². The Kier molecular flexibility index (Phi) is 6.09. The maximum absolute atomic E-state index is 13.5. The highest BCUT2D eigenvalue weighted by Crippen LogP contribution is 2.26. The summed E-state index contributed by atoms with van der Waals surface area (Å²) in [4.78, 5) is 22.7. The summed E-state index contributed by atoms with van der Waals surface area (Å²) < 4.78 is 59.2. The van der Waals surface area contributed by atoms with Crippen molar-refractivity contribution in [3.8, 4) is 0 Å². The summed E-state index contributed by atoms with van der Waals surface area (Å²) in [5.41, 5.74) is 1.36. The first-order valence-electron chi connectivity index (χ1n) is 10.1. The van der Waals surface area contributed by atoms with Gasteiger partial charge in [-0.1, -0.05) is 0 Å². The minimum Gasteiger partial charge on any atom is -0.380 e. The molecule has 0 aliphatic carbocycles. The zero-order valence-corrected chi connectivity index (χ0v) is 17.3. The molecule has 4 rings (SSSR count). The third-order valence-electron chi connectivity index (χ3n) is 5.22. The molecule has 170 valence electrons. The van der Waals surface area contributed by atoms with E-state index in [-0.39, 0.29) is 23.5 Å². The maximum Gasteiger partial charge on any atom is 0.408 e. The number of hydrogen-bond acceptors (Lipinski definition) is 5. The molecule has 0 unspecified atom stereocenters. The number of aryl methyl sites for hydroxylation is 1. The second-order valence-electron chi connectivity index (χ2n) is 7.67. The van der Waals surface area contributed by atoms with Gasteiger partial charge in [0, 0.05) is 43.4 Å². The number of amides is 1. The average molecular weight is 451 g/mol. The Morgan fingerprint density at radius 2 is 1.97 bits per heavy atom. The Hall–Kier alpha value is -3.08. The molecule has 0 saturated carbocycles. The van der Waals surface area contributed by atoms with Crippen LogP contribution in [0.25, 0.3) is 10.9 Å². The summed E-state index contributed by atoms with van der Waals surface area (Å²) in [6.07, 6.45) is -1.30. The van der Waals surface area contributed by atoms with Crippen LogP contribution in [0.3, 0.4) is 0 Å². The normalized spacial score (nSPS) is 15.2. The minimum atomic E-state index is -4.50. The first kappa shape index (κ1) is 22.1. The standard InChI is InChI=1S/C21H21F4N5O2/c1-13-7-14(26-11-16(13)22)8-17-15-10-27-18(20(31)29-3-2-5-32-6-4-29)9-19(15)30(28-17)12-21(23,24)25/h7,9-11H,2-6,8,12H2,1H3. The number of ether oxygens (including phenoxy) is 1. The molecule has 0 spiro atoms. The zero-order valence-electron chi connectivity index (χ0n) is 17.3. The van der Waals surface area contributed by atoms with E-state index in [2.05, 4.69) is 15.1 Å². The Labute approximate surface area is 181 Å². The highest BCUT2D eigenvalue weighted by molar-refractivity contribution is 5.96. The molecule has 1 aliphatic rings. The fourth-order valence-electron chi connectivity index (χ4n) is 3.65. The van der Waals surface area contributed by atoms with Crippen molar-refractivity contribution in [2.75, 3.05) is 26.3 Å². The van der Waals surface area contributed by atoms with Gasteiger partial charge in [-0.3, -0.25) is 19.4 Å². The Balaban J connectivity index is 1.72. The van der Waals surface area contributed by atoms with Gasteiger partial charge in [-0.25, -0.2) is 4.39 Å². The summed E-state index contributed by atoms with van der Waals surface area (Å²) in [7, 11) is 0. The average Bonchev–Trinajstić information content (AvgIpc) is 2.91. The molecule has 0 N–H and O–H groups in total. The Morgan fingerprint density at radius 3 is 2.72 bits per heavy atom. The van der Waals surface area contributed by atoms with E-state index in [1.54, 1.807) is 11.8 Å². The molecule has 1 saturated heterocycles. The molecule has 3 aromatic heterocycles. The monoisotopic (exact) mass is 451 g/mol. The number of nitrogens with zero attached hydrogens (tertiary/aromatic N) is 5. The molecule has 1 amide bonds. The molecular formula is C21H21F4N5O2. The van der Waals surface area contributed by atoms with Crippen LogP contribution in [0, 0.1) is 12.7 Å². The summed E-state index contributed by atoms with van der Waals surface area (Å²) in [6, 6.07) is 2.87. The van der Waals surface area contributed by atoms with Gasteiger partial charge >= 0.3 is 6.18 Å². The largest absolute Gasteiger partial charge is 0.408 e. The summed E-state index contributed by atoms with van der Waals surface area (Å²) >= 11 is 0. The van der Waals surface area contributed by atoms with Crippen LogP contribution in [0.15, 0.2) is 24.5 Å². The van der Waals surface area contributed by atoms with Gasteiger partial charge < -0.3 is 9.64 Å². The van der Waals surface area contributed by atoms with E-state index in [9.17, 15) is 22.4 Å². The quantitative estimate of drug-likeness (QED) is 0.570. The SMILES string of the molecule is Cc1cc(Cc2nn(CC(F)(F)F)c3cc(C(=O)N4CCCOCC4)ncc23)ncc1F. The third kappa shape index (κ3) is 4.87. The highest BCUT2D eigenvalue weighted by Gasteiger charge is 2.30. The molecule has 0 bridgehead atoms. The minimum absolute atomic E-state index is 0.0463. The van der Waals surface area contributed by atoms with E-state index in [1.807, 2.05) is 0 Å². The van der Waals surface area contributed by atoms with Crippen molar-refractivity contribution in [3.05, 3.63) is 53.0 Å². The van der Waals surface area contributed by atoms with Crippen molar-refractivity contribution < 1.29 is 27.1 Å². The van der Waals surface area contributed by atoms with Crippen molar-refractivity contribution in [3.63, 3.8) is 0 Å². The smallest absolute Gasteiger partial charge is 0.380 e. The van der Waals surface area contributed by atoms with Crippen molar-refractivity contribution >= 4 is 16.8 Å². The number of pyridine rings is 2. The van der Waals surface area contributed by atoms with Crippen LogP contribution < -0.4 is 0 Å². The lowest BCUT2D eigenvalue weighted by atomic mass is 10.1. The topological polar surface area (TPSA) is 73.1 Å². The highest BCUT2D eigenvalue weighted by atomic mass is 19.4. The molecule has 1 aliphatic heterocycles. The molecule has 0 radical (unpaired) electrons. The molecule has 1 fully saturated rings. The molecule has 4 heterocycles. The Bertz CT molecular complexity index is 1140. The van der Waals surface area contributed by atoms with Crippen LogP contribution in [-0.4, -0.2) is 63.0 Å². The van der Waals surface area contributed by atoms with Crippen LogP contribution in [0.1, 0.15) is 33.9 Å². The van der Waals surface area contributed by atoms with Gasteiger partial charge in [0.15, 0.2) is 0 Å². The second-order valence-corrected chi connectivity index (χ2v) is 7.67. The van der Waals surface area contributed by atoms with Crippen LogP contribution in [0.4, 0.5) is 17.6 Å². The van der Waals surface area contributed by atoms with Gasteiger partial charge in [-0.05, 0) is 31.0 Å². The molecule has 11 heteroatoms. The van der Waals surface area contributed by atoms with Gasteiger partial charge in [-0.2, -0.15) is 18.3 Å². The molecule has 0 aromatic carbocycles. The first-order valence-corrected chi connectivity index (χ1v) is 10.1. The van der Waals surface area contributed by atoms with Crippen LogP contribution in [0.2, 0.25) is 0 Å². The van der Waals surface area contributed by atoms with Gasteiger partial charge in [0.2, 0.25) is 0 Å². The predicted octanol–water partition coefficient (Wildman–Crippen LogP) is 3.29. The van der Waals surface area contributed by atoms with Gasteiger partial charge in [0.25, 0.3) is 5.91 Å². The number of carbonyl (C=O) groups excluding carboxylic acids is 1. The lowest BCUT2D eigenvalue weighted by Gasteiger charge is -2.19. The van der Waals surface area contributed by atoms with Crippen LogP contribution in [-0.2, 0) is 17.7 Å². The number of fused-ring (bicyclic) bond motifs is 1. The van der Waals surface area contributed by atoms with Gasteiger partial charge in [-0.15, -0.1) is 0 Å². The first-order chi connectivity index (χ1) is 15.2. The van der Waals surface area contributed by atoms with E-state index in [0.717, 1.165) is 10.9 Å². The zero-order chi connectivity index (χ0) is 22.9. The number of aromatic nitrogens is 4. The summed E-state index contributed by atoms with van der Waals surface area (Å²) in [5.74, 6) is -0.834. The van der Waals surface area contributed by atoms with Crippen molar-refractivity contribution in [2.24, 2.45) is 0 Å². The fraction of sp³-hybridized carbons (Fsp3) is 0.429. The number of carbonyl (C=O) groups is 1. The molecule has 0 atom stereocenters. The van der Waals surface area contributed by atoms with Crippen LogP contribution >= 0.6 is 0 Å². The number of alkyl halides is 3. The predicted molar refractivity (Wildman–Crippen MR) is 107 cm³/mol. The summed E-state index contributed by atoms with van der Waals surface area (Å²) in [6.45, 7) is 2.09. The Morgan fingerprint density at radius 1 is 1.16 bits per heavy atom. The lowest BCUT2D eigenvalue weighted by molar-refractivity contribution is -0.141. The molecule has 3 aromatic rings. The lowest BCUT2D eigenvalue weighted by Crippen LogP contribution is -2.33. The van der Waals surface area contributed by atoms with Gasteiger partial charge in [0.1, 0.15) is 18.1 Å². The number of rotatable bonds is 4. The second kappa shape index (κ2) is 8.81. The van der Waals surface area contributed by atoms with E-state index < -0.39 is 18.5 Å². The van der Waals surface area contributed by atoms with E-state index in [4.69, 9.17) is 4.74 Å². The van der Waals surface area contributed by atoms with E-state index in [0.29, 0.717) is 55.1 Å². The summed E-state index contributed by atoms with van der Waals surface area (Å²) in [5, 5.41) is 4.51. The fourth-order valence-corrected chi connectivity index (χ4v) is 3.65. The van der Waals surface area contributed by atoms with E-state index >= 15 is 0 Å². The van der Waals surface area contributed by atoms with Crippen molar-refractivity contribution in [1.29, 1.82) is 0 Å². The number of halogens is 4. The van der Waals surface area contributed by atoms with Gasteiger partial charge in [0.05, 0.1) is 24.0 Å². The third-order valence-corrected chi connectivity index (χ3v) is 5.22. The number of hydrogen-bond donors (Lipinski definition) is 0. The van der Waals surface area contributed by atoms with Crippen molar-refractivity contribution in [1.82, 2.24) is 24.6 Å². The molecule has 32 heavy (non-hydrogen) atoms. The van der Waals surface area contributed by atoms with Crippen molar-refractivity contribution in [2.45, 2.75) is 32.5 Å². The molecular weight excluding hydrogens is 430 g/mol. The molecule has 7 nitrogen and oxygen atoms in total.